The van der Waals surface area contributed by atoms with E-state index in [9.17, 15) is 13.6 Å². The van der Waals surface area contributed by atoms with Crippen LogP contribution in [0, 0.1) is 17.6 Å². The normalized spacial score (nSPS) is 15.1. The molecule has 27 heavy (non-hydrogen) atoms. The molecule has 1 saturated heterocycles. The second-order valence-corrected chi connectivity index (χ2v) is 6.98. The Labute approximate surface area is 158 Å². The minimum absolute atomic E-state index is 0.0899. The van der Waals surface area contributed by atoms with Crippen molar-refractivity contribution >= 4 is 11.6 Å². The van der Waals surface area contributed by atoms with Gasteiger partial charge in [0.1, 0.15) is 11.6 Å². The van der Waals surface area contributed by atoms with Crippen molar-refractivity contribution in [2.45, 2.75) is 19.4 Å². The minimum Gasteiger partial charge on any atom is -0.322 e. The van der Waals surface area contributed by atoms with Crippen LogP contribution in [0.25, 0.3) is 0 Å². The van der Waals surface area contributed by atoms with Crippen molar-refractivity contribution in [1.82, 2.24) is 10.2 Å². The third-order valence-corrected chi connectivity index (χ3v) is 4.84. The largest absolute Gasteiger partial charge is 0.322 e. The first kappa shape index (κ1) is 19.5. The van der Waals surface area contributed by atoms with E-state index < -0.39 is 5.82 Å². The molecule has 4 nitrogen and oxygen atoms in total. The summed E-state index contributed by atoms with van der Waals surface area (Å²) < 4.78 is 27.9. The summed E-state index contributed by atoms with van der Waals surface area (Å²) in [6, 6.07) is 12.7. The molecular weight excluding hydrogens is 348 g/mol. The number of piperidine rings is 1. The van der Waals surface area contributed by atoms with Crippen molar-refractivity contribution in [2.75, 3.05) is 31.5 Å². The van der Waals surface area contributed by atoms with Gasteiger partial charge in [0, 0.05) is 18.7 Å². The Kier molecular flexibility index (Phi) is 6.90. The van der Waals surface area contributed by atoms with Crippen molar-refractivity contribution in [3.63, 3.8) is 0 Å². The maximum Gasteiger partial charge on any atom is 0.238 e. The molecule has 1 aliphatic heterocycles. The number of nitrogens with one attached hydrogen (secondary N) is 2. The standard InChI is InChI=1S/C21H25F2N3O/c22-18-6-2-1-5-17(18)14-26(13-16-9-11-24-12-10-16)15-21(27)25-20-8-4-3-7-19(20)23/h1-8,16,24H,9-15H2,(H,25,27). The highest BCUT2D eigenvalue weighted by Gasteiger charge is 2.20. The van der Waals surface area contributed by atoms with E-state index in [2.05, 4.69) is 10.6 Å². The van der Waals surface area contributed by atoms with Crippen molar-refractivity contribution in [3.05, 3.63) is 65.7 Å². The number of anilines is 1. The summed E-state index contributed by atoms with van der Waals surface area (Å²) in [5.74, 6) is -0.586. The molecular formula is C21H25F2N3O. The summed E-state index contributed by atoms with van der Waals surface area (Å²) in [5.41, 5.74) is 0.723. The number of carbonyl (C=O) groups excluding carboxylic acids is 1. The molecule has 0 saturated carbocycles. The molecule has 0 aliphatic carbocycles. The van der Waals surface area contributed by atoms with Gasteiger partial charge in [-0.05, 0) is 50.0 Å². The lowest BCUT2D eigenvalue weighted by atomic mass is 9.97. The van der Waals surface area contributed by atoms with Gasteiger partial charge >= 0.3 is 0 Å². The Morgan fingerprint density at radius 1 is 1.04 bits per heavy atom. The van der Waals surface area contributed by atoms with Gasteiger partial charge in [-0.1, -0.05) is 30.3 Å². The summed E-state index contributed by atoms with van der Waals surface area (Å²) in [6.07, 6.45) is 2.06. The van der Waals surface area contributed by atoms with Gasteiger partial charge in [-0.15, -0.1) is 0 Å². The average molecular weight is 373 g/mol. The van der Waals surface area contributed by atoms with E-state index in [4.69, 9.17) is 0 Å². The number of amides is 1. The third-order valence-electron chi connectivity index (χ3n) is 4.84. The third kappa shape index (κ3) is 5.84. The van der Waals surface area contributed by atoms with Crippen LogP contribution in [0.4, 0.5) is 14.5 Å². The molecule has 1 heterocycles. The van der Waals surface area contributed by atoms with Gasteiger partial charge in [0.25, 0.3) is 0 Å². The van der Waals surface area contributed by atoms with Crippen LogP contribution < -0.4 is 10.6 Å². The molecule has 1 aliphatic rings. The van der Waals surface area contributed by atoms with E-state index in [0.29, 0.717) is 24.6 Å². The van der Waals surface area contributed by atoms with Crippen LogP contribution in [-0.2, 0) is 11.3 Å². The maximum absolute atomic E-state index is 14.1. The van der Waals surface area contributed by atoms with Gasteiger partial charge in [0.2, 0.25) is 5.91 Å². The molecule has 2 N–H and O–H groups in total. The molecule has 1 amide bonds. The van der Waals surface area contributed by atoms with E-state index in [1.165, 1.54) is 18.2 Å². The maximum atomic E-state index is 14.1. The number of nitrogens with zero attached hydrogens (tertiary/aromatic N) is 1. The fourth-order valence-electron chi connectivity index (χ4n) is 3.44. The van der Waals surface area contributed by atoms with Crippen LogP contribution in [0.15, 0.2) is 48.5 Å². The second-order valence-electron chi connectivity index (χ2n) is 6.98. The Hall–Kier alpha value is -2.31. The highest BCUT2D eigenvalue weighted by Crippen LogP contribution is 2.18. The highest BCUT2D eigenvalue weighted by molar-refractivity contribution is 5.92. The van der Waals surface area contributed by atoms with E-state index >= 15 is 0 Å². The average Bonchev–Trinajstić information content (AvgIpc) is 2.66. The van der Waals surface area contributed by atoms with Crippen LogP contribution in [0.5, 0.6) is 0 Å². The van der Waals surface area contributed by atoms with Crippen LogP contribution >= 0.6 is 0 Å². The Bertz CT molecular complexity index is 763. The zero-order valence-electron chi connectivity index (χ0n) is 15.3. The lowest BCUT2D eigenvalue weighted by Gasteiger charge is -2.30. The molecule has 6 heteroatoms. The Morgan fingerprint density at radius 3 is 2.41 bits per heavy atom. The lowest BCUT2D eigenvalue weighted by Crippen LogP contribution is -2.39. The van der Waals surface area contributed by atoms with Crippen LogP contribution in [0.1, 0.15) is 18.4 Å². The van der Waals surface area contributed by atoms with E-state index in [-0.39, 0.29) is 24.0 Å². The van der Waals surface area contributed by atoms with Gasteiger partial charge in [-0.3, -0.25) is 9.69 Å². The summed E-state index contributed by atoms with van der Waals surface area (Å²) in [7, 11) is 0. The van der Waals surface area contributed by atoms with Gasteiger partial charge < -0.3 is 10.6 Å². The number of para-hydroxylation sites is 1. The number of hydrogen-bond acceptors (Lipinski definition) is 3. The molecule has 144 valence electrons. The van der Waals surface area contributed by atoms with Crippen LogP contribution in [0.2, 0.25) is 0 Å². The summed E-state index contributed by atoms with van der Waals surface area (Å²) >= 11 is 0. The molecule has 2 aromatic carbocycles. The topological polar surface area (TPSA) is 44.4 Å². The van der Waals surface area contributed by atoms with Crippen molar-refractivity contribution in [3.8, 4) is 0 Å². The molecule has 0 atom stereocenters. The van der Waals surface area contributed by atoms with Crippen molar-refractivity contribution in [2.24, 2.45) is 5.92 Å². The summed E-state index contributed by atoms with van der Waals surface area (Å²) in [4.78, 5) is 14.4. The fourth-order valence-corrected chi connectivity index (χ4v) is 3.44. The summed E-state index contributed by atoms with van der Waals surface area (Å²) in [5, 5.41) is 5.94. The molecule has 2 aromatic rings. The fraction of sp³-hybridized carbons (Fsp3) is 0.381. The predicted octanol–water partition coefficient (Wildman–Crippen LogP) is 3.41. The first-order valence-corrected chi connectivity index (χ1v) is 9.32. The number of hydrogen-bond donors (Lipinski definition) is 2. The quantitative estimate of drug-likeness (QED) is 0.782. The zero-order valence-corrected chi connectivity index (χ0v) is 15.3. The molecule has 0 unspecified atom stereocenters. The second kappa shape index (κ2) is 9.58. The molecule has 0 spiro atoms. The van der Waals surface area contributed by atoms with Gasteiger partial charge in [-0.2, -0.15) is 0 Å². The first-order chi connectivity index (χ1) is 13.1. The minimum atomic E-state index is -0.468. The Morgan fingerprint density at radius 2 is 1.70 bits per heavy atom. The number of halogens is 2. The molecule has 0 bridgehead atoms. The van der Waals surface area contributed by atoms with E-state index in [0.717, 1.165) is 25.9 Å². The monoisotopic (exact) mass is 373 g/mol. The zero-order chi connectivity index (χ0) is 19.1. The van der Waals surface area contributed by atoms with Crippen LogP contribution in [0.3, 0.4) is 0 Å². The van der Waals surface area contributed by atoms with Gasteiger partial charge in [0.15, 0.2) is 0 Å². The number of carbonyl (C=O) groups is 1. The Balaban J connectivity index is 1.67. The predicted molar refractivity (Wildman–Crippen MR) is 102 cm³/mol. The van der Waals surface area contributed by atoms with Crippen LogP contribution in [-0.4, -0.2) is 37.0 Å². The summed E-state index contributed by atoms with van der Waals surface area (Å²) in [6.45, 7) is 3.06. The molecule has 0 aromatic heterocycles. The lowest BCUT2D eigenvalue weighted by molar-refractivity contribution is -0.117. The van der Waals surface area contributed by atoms with Gasteiger partial charge in [-0.25, -0.2) is 8.78 Å². The SMILES string of the molecule is O=C(CN(Cc1ccccc1F)CC1CCNCC1)Nc1ccccc1F. The highest BCUT2D eigenvalue weighted by atomic mass is 19.1. The van der Waals surface area contributed by atoms with E-state index in [1.54, 1.807) is 30.3 Å². The van der Waals surface area contributed by atoms with Crippen molar-refractivity contribution < 1.29 is 13.6 Å². The van der Waals surface area contributed by atoms with E-state index in [1.807, 2.05) is 4.90 Å². The first-order valence-electron chi connectivity index (χ1n) is 9.32. The number of rotatable bonds is 7. The smallest absolute Gasteiger partial charge is 0.238 e. The van der Waals surface area contributed by atoms with Gasteiger partial charge in [0.05, 0.1) is 12.2 Å². The molecule has 1 fully saturated rings. The molecule has 3 rings (SSSR count). The van der Waals surface area contributed by atoms with Crippen molar-refractivity contribution in [1.29, 1.82) is 0 Å². The molecule has 0 radical (unpaired) electrons. The number of benzene rings is 2.